The second kappa shape index (κ2) is 4.56. The molecule has 0 aliphatic carbocycles. The largest absolute Gasteiger partial charge is 0.481 e. The number of amides is 1. The van der Waals surface area contributed by atoms with E-state index in [-0.39, 0.29) is 12.5 Å². The third-order valence-electron chi connectivity index (χ3n) is 2.34. The minimum absolute atomic E-state index is 0.00148. The molecular formula is C8H14N2O5. The van der Waals surface area contributed by atoms with E-state index in [2.05, 4.69) is 10.6 Å². The molecule has 7 nitrogen and oxygen atoms in total. The fourth-order valence-corrected chi connectivity index (χ4v) is 1.52. The zero-order chi connectivity index (χ0) is 11.6. The molecule has 1 heterocycles. The van der Waals surface area contributed by atoms with E-state index in [0.717, 1.165) is 0 Å². The van der Waals surface area contributed by atoms with Crippen molar-refractivity contribution < 1.29 is 24.9 Å². The lowest BCUT2D eigenvalue weighted by atomic mass is 9.92. The fraction of sp³-hybridized carbons (Fsp3) is 0.750. The molecule has 1 fully saturated rings. The number of carbonyl (C=O) groups excluding carboxylic acids is 1. The molecule has 1 saturated heterocycles. The van der Waals surface area contributed by atoms with E-state index < -0.39 is 30.3 Å². The van der Waals surface area contributed by atoms with E-state index in [1.807, 2.05) is 0 Å². The van der Waals surface area contributed by atoms with Crippen molar-refractivity contribution in [3.05, 3.63) is 0 Å². The molecule has 0 saturated carbocycles. The van der Waals surface area contributed by atoms with Crippen LogP contribution in [-0.2, 0) is 9.59 Å². The summed E-state index contributed by atoms with van der Waals surface area (Å²) in [7, 11) is 0. The molecule has 1 aliphatic heterocycles. The van der Waals surface area contributed by atoms with Crippen LogP contribution < -0.4 is 10.6 Å². The smallest absolute Gasteiger partial charge is 0.310 e. The van der Waals surface area contributed by atoms with Gasteiger partial charge < -0.3 is 20.6 Å². The first-order valence-electron chi connectivity index (χ1n) is 4.53. The van der Waals surface area contributed by atoms with Gasteiger partial charge in [0.2, 0.25) is 5.91 Å². The van der Waals surface area contributed by atoms with Crippen LogP contribution in [0.3, 0.4) is 0 Å². The zero-order valence-electron chi connectivity index (χ0n) is 8.17. The number of rotatable bonds is 2. The van der Waals surface area contributed by atoms with Crippen molar-refractivity contribution >= 4 is 11.9 Å². The molecule has 3 unspecified atom stereocenters. The van der Waals surface area contributed by atoms with Gasteiger partial charge in [-0.25, -0.2) is 0 Å². The highest BCUT2D eigenvalue weighted by atomic mass is 16.4. The summed E-state index contributed by atoms with van der Waals surface area (Å²) in [6, 6.07) is 0. The van der Waals surface area contributed by atoms with Crippen LogP contribution in [0.2, 0.25) is 0 Å². The van der Waals surface area contributed by atoms with Crippen molar-refractivity contribution in [1.29, 1.82) is 0 Å². The number of aliphatic carboxylic acids is 1. The molecule has 1 amide bonds. The van der Waals surface area contributed by atoms with Crippen molar-refractivity contribution in [2.24, 2.45) is 5.92 Å². The van der Waals surface area contributed by atoms with Crippen LogP contribution in [0.1, 0.15) is 6.92 Å². The average Bonchev–Trinajstić information content (AvgIpc) is 2.12. The maximum atomic E-state index is 10.7. The Morgan fingerprint density at radius 3 is 2.40 bits per heavy atom. The van der Waals surface area contributed by atoms with Gasteiger partial charge in [0, 0.05) is 13.5 Å². The van der Waals surface area contributed by atoms with E-state index in [0.29, 0.717) is 0 Å². The molecule has 4 atom stereocenters. The first-order valence-corrected chi connectivity index (χ1v) is 4.53. The number of piperidine rings is 1. The van der Waals surface area contributed by atoms with Crippen LogP contribution in [0.5, 0.6) is 0 Å². The molecule has 5 N–H and O–H groups in total. The number of nitrogens with one attached hydrogen (secondary N) is 2. The summed E-state index contributed by atoms with van der Waals surface area (Å²) in [5.74, 6) is -2.62. The lowest BCUT2D eigenvalue weighted by Gasteiger charge is -2.36. The fourth-order valence-electron chi connectivity index (χ4n) is 1.52. The number of hydrogen-bond donors (Lipinski definition) is 5. The average molecular weight is 218 g/mol. The first kappa shape index (κ1) is 11.9. The SMILES string of the molecule is CC(=O)NC1NCC(C(=O)O)[C@H](O)C1O. The highest BCUT2D eigenvalue weighted by Gasteiger charge is 2.41. The van der Waals surface area contributed by atoms with E-state index in [9.17, 15) is 19.8 Å². The monoisotopic (exact) mass is 218 g/mol. The number of carboxylic acids is 1. The maximum Gasteiger partial charge on any atom is 0.310 e. The van der Waals surface area contributed by atoms with Crippen LogP contribution in [-0.4, -0.2) is 52.1 Å². The van der Waals surface area contributed by atoms with Crippen LogP contribution in [0.15, 0.2) is 0 Å². The summed E-state index contributed by atoms with van der Waals surface area (Å²) in [6.45, 7) is 1.27. The van der Waals surface area contributed by atoms with Crippen LogP contribution in [0.25, 0.3) is 0 Å². The first-order chi connectivity index (χ1) is 6.93. The molecule has 0 spiro atoms. The minimum atomic E-state index is -1.39. The van der Waals surface area contributed by atoms with Crippen molar-refractivity contribution in [2.45, 2.75) is 25.3 Å². The predicted molar refractivity (Wildman–Crippen MR) is 48.7 cm³/mol. The minimum Gasteiger partial charge on any atom is -0.481 e. The lowest BCUT2D eigenvalue weighted by Crippen LogP contribution is -2.64. The Labute approximate surface area is 86.1 Å². The molecule has 0 aromatic rings. The number of carbonyl (C=O) groups is 2. The van der Waals surface area contributed by atoms with Gasteiger partial charge in [0.1, 0.15) is 12.3 Å². The maximum absolute atomic E-state index is 10.7. The van der Waals surface area contributed by atoms with E-state index in [1.54, 1.807) is 0 Å². The number of carboxylic acid groups (broad SMARTS) is 1. The highest BCUT2D eigenvalue weighted by Crippen LogP contribution is 2.15. The van der Waals surface area contributed by atoms with Gasteiger partial charge in [-0.05, 0) is 0 Å². The third kappa shape index (κ3) is 2.65. The molecule has 1 aliphatic rings. The van der Waals surface area contributed by atoms with Crippen molar-refractivity contribution in [1.82, 2.24) is 10.6 Å². The second-order valence-electron chi connectivity index (χ2n) is 3.51. The Morgan fingerprint density at radius 2 is 1.93 bits per heavy atom. The molecule has 0 bridgehead atoms. The van der Waals surface area contributed by atoms with Crippen molar-refractivity contribution in [2.75, 3.05) is 6.54 Å². The molecule has 1 rings (SSSR count). The zero-order valence-corrected chi connectivity index (χ0v) is 8.17. The van der Waals surface area contributed by atoms with Gasteiger partial charge in [0.05, 0.1) is 12.0 Å². The summed E-state index contributed by atoms with van der Waals surface area (Å²) in [4.78, 5) is 21.4. The standard InChI is InChI=1S/C8H14N2O5/c1-3(11)10-7-6(13)5(12)4(2-9-7)8(14)15/h4-7,9,12-13H,2H2,1H3,(H,10,11)(H,14,15)/t4?,5-,6?,7?/m0/s1. The second-order valence-corrected chi connectivity index (χ2v) is 3.51. The van der Waals surface area contributed by atoms with Crippen molar-refractivity contribution in [3.63, 3.8) is 0 Å². The number of hydrogen-bond acceptors (Lipinski definition) is 5. The highest BCUT2D eigenvalue weighted by molar-refractivity contribution is 5.74. The molecule has 0 aromatic carbocycles. The number of aliphatic hydroxyl groups is 2. The van der Waals surface area contributed by atoms with Gasteiger partial charge in [-0.15, -0.1) is 0 Å². The van der Waals surface area contributed by atoms with Crippen molar-refractivity contribution in [3.8, 4) is 0 Å². The number of aliphatic hydroxyl groups excluding tert-OH is 2. The Bertz CT molecular complexity index is 268. The summed E-state index contributed by atoms with van der Waals surface area (Å²) in [5.41, 5.74) is 0. The Morgan fingerprint density at radius 1 is 1.33 bits per heavy atom. The summed E-state index contributed by atoms with van der Waals surface area (Å²) >= 11 is 0. The van der Waals surface area contributed by atoms with Gasteiger partial charge >= 0.3 is 5.97 Å². The lowest BCUT2D eigenvalue weighted by molar-refractivity contribution is -0.153. The van der Waals surface area contributed by atoms with Crippen LogP contribution >= 0.6 is 0 Å². The third-order valence-corrected chi connectivity index (χ3v) is 2.34. The quantitative estimate of drug-likeness (QED) is 0.349. The van der Waals surface area contributed by atoms with E-state index >= 15 is 0 Å². The van der Waals surface area contributed by atoms with Gasteiger partial charge in [0.15, 0.2) is 0 Å². The van der Waals surface area contributed by atoms with Crippen LogP contribution in [0.4, 0.5) is 0 Å². The molecule has 86 valence electrons. The van der Waals surface area contributed by atoms with Gasteiger partial charge in [-0.1, -0.05) is 0 Å². The van der Waals surface area contributed by atoms with E-state index in [1.165, 1.54) is 6.92 Å². The summed E-state index contributed by atoms with van der Waals surface area (Å²) < 4.78 is 0. The Balaban J connectivity index is 2.64. The molecule has 15 heavy (non-hydrogen) atoms. The Hall–Kier alpha value is -1.18. The molecule has 7 heteroatoms. The predicted octanol–water partition coefficient (Wildman–Crippen LogP) is -2.53. The van der Waals surface area contributed by atoms with Gasteiger partial charge in [0.25, 0.3) is 0 Å². The normalized spacial score (nSPS) is 35.9. The molecular weight excluding hydrogens is 204 g/mol. The molecule has 0 aromatic heterocycles. The van der Waals surface area contributed by atoms with Gasteiger partial charge in [-0.3, -0.25) is 14.9 Å². The summed E-state index contributed by atoms with van der Waals surface area (Å²) in [6.07, 6.45) is -3.53. The summed E-state index contributed by atoms with van der Waals surface area (Å²) in [5, 5.41) is 32.7. The van der Waals surface area contributed by atoms with E-state index in [4.69, 9.17) is 5.11 Å². The molecule has 0 radical (unpaired) electrons. The van der Waals surface area contributed by atoms with Crippen LogP contribution in [0, 0.1) is 5.92 Å². The Kier molecular flexibility index (Phi) is 3.61. The van der Waals surface area contributed by atoms with Gasteiger partial charge in [-0.2, -0.15) is 0 Å². The topological polar surface area (TPSA) is 119 Å².